The van der Waals surface area contributed by atoms with E-state index in [0.717, 1.165) is 13.0 Å². The molecule has 6 nitrogen and oxygen atoms in total. The van der Waals surface area contributed by atoms with Crippen LogP contribution in [0.2, 0.25) is 0 Å². The van der Waals surface area contributed by atoms with E-state index in [-0.39, 0.29) is 18.3 Å². The van der Waals surface area contributed by atoms with E-state index in [2.05, 4.69) is 10.1 Å². The number of hydrogen-bond acceptors (Lipinski definition) is 4. The van der Waals surface area contributed by atoms with Gasteiger partial charge in [-0.3, -0.25) is 14.5 Å². The van der Waals surface area contributed by atoms with Crippen molar-refractivity contribution in [1.29, 1.82) is 0 Å². The molecule has 2 aromatic rings. The summed E-state index contributed by atoms with van der Waals surface area (Å²) in [5.41, 5.74) is 0.552. The summed E-state index contributed by atoms with van der Waals surface area (Å²) in [7, 11) is 0. The summed E-state index contributed by atoms with van der Waals surface area (Å²) in [5.74, 6) is -0.278. The molecule has 0 aromatic carbocycles. The molecule has 1 amide bonds. The van der Waals surface area contributed by atoms with Gasteiger partial charge in [0.15, 0.2) is 5.82 Å². The third-order valence-electron chi connectivity index (χ3n) is 3.80. The minimum atomic E-state index is -0.321. The monoisotopic (exact) mass is 303 g/mol. The molecule has 0 spiro atoms. The molecule has 0 N–H and O–H groups in total. The standard InChI is InChI=1S/C15H18FN5O/c16-13-11-17-5-3-14(13)19-6-2-7-20(10-9-19)15(22)12-21-8-1-4-18-21/h1,3-5,8,11H,2,6-7,9-10,12H2. The van der Waals surface area contributed by atoms with E-state index in [1.54, 1.807) is 35.4 Å². The van der Waals surface area contributed by atoms with Crippen molar-refractivity contribution in [3.63, 3.8) is 0 Å². The fraction of sp³-hybridized carbons (Fsp3) is 0.400. The number of aromatic nitrogens is 3. The Morgan fingerprint density at radius 2 is 2.14 bits per heavy atom. The van der Waals surface area contributed by atoms with Crippen molar-refractivity contribution in [3.8, 4) is 0 Å². The van der Waals surface area contributed by atoms with E-state index >= 15 is 0 Å². The molecule has 3 heterocycles. The van der Waals surface area contributed by atoms with Crippen LogP contribution in [0.25, 0.3) is 0 Å². The number of nitrogens with zero attached hydrogens (tertiary/aromatic N) is 5. The Morgan fingerprint density at radius 3 is 2.91 bits per heavy atom. The molecular formula is C15H18FN5O. The van der Waals surface area contributed by atoms with E-state index in [0.29, 0.717) is 25.3 Å². The lowest BCUT2D eigenvalue weighted by Gasteiger charge is -2.23. The second-order valence-corrected chi connectivity index (χ2v) is 5.25. The number of halogens is 1. The zero-order valence-corrected chi connectivity index (χ0v) is 12.2. The molecular weight excluding hydrogens is 285 g/mol. The average Bonchev–Trinajstić information content (AvgIpc) is 2.90. The van der Waals surface area contributed by atoms with Gasteiger partial charge in [0.2, 0.25) is 5.91 Å². The van der Waals surface area contributed by atoms with Gasteiger partial charge in [-0.2, -0.15) is 5.10 Å². The molecule has 22 heavy (non-hydrogen) atoms. The quantitative estimate of drug-likeness (QED) is 0.854. The minimum absolute atomic E-state index is 0.0424. The Kier molecular flexibility index (Phi) is 4.32. The minimum Gasteiger partial charge on any atom is -0.367 e. The van der Waals surface area contributed by atoms with Crippen molar-refractivity contribution in [2.45, 2.75) is 13.0 Å². The molecule has 1 aliphatic rings. The third kappa shape index (κ3) is 3.24. The summed E-state index contributed by atoms with van der Waals surface area (Å²) in [6, 6.07) is 3.47. The SMILES string of the molecule is O=C(Cn1cccn1)N1CCCN(c2ccncc2F)CC1. The van der Waals surface area contributed by atoms with Gasteiger partial charge in [0.25, 0.3) is 0 Å². The lowest BCUT2D eigenvalue weighted by molar-refractivity contribution is -0.131. The second kappa shape index (κ2) is 6.55. The second-order valence-electron chi connectivity index (χ2n) is 5.25. The van der Waals surface area contributed by atoms with E-state index < -0.39 is 0 Å². The molecule has 116 valence electrons. The van der Waals surface area contributed by atoms with Gasteiger partial charge in [-0.05, 0) is 18.6 Å². The highest BCUT2D eigenvalue weighted by Crippen LogP contribution is 2.19. The van der Waals surface area contributed by atoms with Crippen molar-refractivity contribution < 1.29 is 9.18 Å². The molecule has 7 heteroatoms. The molecule has 2 aromatic heterocycles. The van der Waals surface area contributed by atoms with Crippen LogP contribution in [0.5, 0.6) is 0 Å². The van der Waals surface area contributed by atoms with Gasteiger partial charge in [-0.25, -0.2) is 4.39 Å². The summed E-state index contributed by atoms with van der Waals surface area (Å²) in [6.07, 6.45) is 7.05. The van der Waals surface area contributed by atoms with Crippen LogP contribution in [0.4, 0.5) is 10.1 Å². The maximum atomic E-state index is 13.8. The van der Waals surface area contributed by atoms with Crippen LogP contribution in [0.15, 0.2) is 36.9 Å². The highest BCUT2D eigenvalue weighted by molar-refractivity contribution is 5.76. The van der Waals surface area contributed by atoms with Crippen molar-refractivity contribution in [2.75, 3.05) is 31.1 Å². The van der Waals surface area contributed by atoms with E-state index in [4.69, 9.17) is 0 Å². The molecule has 0 radical (unpaired) electrons. The predicted molar refractivity (Wildman–Crippen MR) is 79.8 cm³/mol. The Labute approximate surface area is 128 Å². The fourth-order valence-corrected chi connectivity index (χ4v) is 2.66. The molecule has 1 aliphatic heterocycles. The average molecular weight is 303 g/mol. The van der Waals surface area contributed by atoms with Gasteiger partial charge in [-0.1, -0.05) is 0 Å². The molecule has 1 saturated heterocycles. The zero-order valence-electron chi connectivity index (χ0n) is 12.2. The first-order valence-electron chi connectivity index (χ1n) is 7.34. The Morgan fingerprint density at radius 1 is 1.23 bits per heavy atom. The molecule has 0 atom stereocenters. The van der Waals surface area contributed by atoms with Crippen molar-refractivity contribution in [3.05, 3.63) is 42.7 Å². The smallest absolute Gasteiger partial charge is 0.244 e. The fourth-order valence-electron chi connectivity index (χ4n) is 2.66. The summed E-state index contributed by atoms with van der Waals surface area (Å²) in [6.45, 7) is 2.86. The predicted octanol–water partition coefficient (Wildman–Crippen LogP) is 1.16. The molecule has 0 saturated carbocycles. The van der Waals surface area contributed by atoms with Gasteiger partial charge in [0, 0.05) is 44.8 Å². The van der Waals surface area contributed by atoms with Crippen LogP contribution in [-0.4, -0.2) is 51.8 Å². The van der Waals surface area contributed by atoms with Gasteiger partial charge in [-0.15, -0.1) is 0 Å². The largest absolute Gasteiger partial charge is 0.367 e. The van der Waals surface area contributed by atoms with Gasteiger partial charge >= 0.3 is 0 Å². The summed E-state index contributed by atoms with van der Waals surface area (Å²) in [4.78, 5) is 19.9. The Balaban J connectivity index is 1.62. The topological polar surface area (TPSA) is 54.3 Å². The number of carbonyl (C=O) groups is 1. The van der Waals surface area contributed by atoms with Gasteiger partial charge in [0.1, 0.15) is 6.54 Å². The summed E-state index contributed by atoms with van der Waals surface area (Å²) in [5, 5.41) is 4.05. The van der Waals surface area contributed by atoms with Crippen LogP contribution >= 0.6 is 0 Å². The maximum absolute atomic E-state index is 13.8. The van der Waals surface area contributed by atoms with Crippen molar-refractivity contribution in [2.24, 2.45) is 0 Å². The van der Waals surface area contributed by atoms with E-state index in [9.17, 15) is 9.18 Å². The van der Waals surface area contributed by atoms with Crippen LogP contribution in [-0.2, 0) is 11.3 Å². The molecule has 3 rings (SSSR count). The Bertz CT molecular complexity index is 631. The molecule has 0 aliphatic carbocycles. The highest BCUT2D eigenvalue weighted by atomic mass is 19.1. The molecule has 1 fully saturated rings. The number of anilines is 1. The number of pyridine rings is 1. The number of carbonyl (C=O) groups excluding carboxylic acids is 1. The first kappa shape index (κ1) is 14.5. The first-order valence-corrected chi connectivity index (χ1v) is 7.34. The van der Waals surface area contributed by atoms with Gasteiger partial charge < -0.3 is 9.80 Å². The first-order chi connectivity index (χ1) is 10.7. The summed E-state index contributed by atoms with van der Waals surface area (Å²) < 4.78 is 15.4. The van der Waals surface area contributed by atoms with Crippen LogP contribution < -0.4 is 4.90 Å². The van der Waals surface area contributed by atoms with Crippen molar-refractivity contribution in [1.82, 2.24) is 19.7 Å². The summed E-state index contributed by atoms with van der Waals surface area (Å²) >= 11 is 0. The van der Waals surface area contributed by atoms with Gasteiger partial charge in [0.05, 0.1) is 11.9 Å². The molecule has 0 unspecified atom stereocenters. The highest BCUT2D eigenvalue weighted by Gasteiger charge is 2.21. The third-order valence-corrected chi connectivity index (χ3v) is 3.80. The maximum Gasteiger partial charge on any atom is 0.244 e. The molecule has 0 bridgehead atoms. The number of rotatable bonds is 3. The van der Waals surface area contributed by atoms with E-state index in [1.807, 2.05) is 9.80 Å². The number of hydrogen-bond donors (Lipinski definition) is 0. The lowest BCUT2D eigenvalue weighted by Crippen LogP contribution is -2.37. The van der Waals surface area contributed by atoms with Crippen LogP contribution in [0, 0.1) is 5.82 Å². The Hall–Kier alpha value is -2.44. The van der Waals surface area contributed by atoms with Crippen LogP contribution in [0.1, 0.15) is 6.42 Å². The normalized spacial score (nSPS) is 15.7. The number of amides is 1. The zero-order chi connectivity index (χ0) is 15.4. The van der Waals surface area contributed by atoms with E-state index in [1.165, 1.54) is 6.20 Å². The van der Waals surface area contributed by atoms with Crippen LogP contribution in [0.3, 0.4) is 0 Å². The van der Waals surface area contributed by atoms with Crippen molar-refractivity contribution >= 4 is 11.6 Å². The lowest BCUT2D eigenvalue weighted by atomic mass is 10.3.